The van der Waals surface area contributed by atoms with Gasteiger partial charge in [-0.1, -0.05) is 78.9 Å². The third-order valence-corrected chi connectivity index (χ3v) is 7.89. The van der Waals surface area contributed by atoms with E-state index in [4.69, 9.17) is 9.15 Å². The number of nitrogens with zero attached hydrogens (tertiary/aromatic N) is 1. The number of hydrogen-bond acceptors (Lipinski definition) is 4. The van der Waals surface area contributed by atoms with Gasteiger partial charge in [0.05, 0.1) is 11.4 Å². The summed E-state index contributed by atoms with van der Waals surface area (Å²) in [6, 6.07) is 31.8. The second-order valence-electron chi connectivity index (χ2n) is 10.8. The van der Waals surface area contributed by atoms with Gasteiger partial charge in [0, 0.05) is 23.7 Å². The summed E-state index contributed by atoms with van der Waals surface area (Å²) in [5.41, 5.74) is 3.56. The van der Waals surface area contributed by atoms with Crippen LogP contribution in [0, 0.1) is 0 Å². The highest BCUT2D eigenvalue weighted by Gasteiger charge is 2.59. The number of ether oxygens (including phenoxy) is 1. The molecule has 5 heteroatoms. The Bertz CT molecular complexity index is 1650. The summed E-state index contributed by atoms with van der Waals surface area (Å²) < 4.78 is 12.0. The van der Waals surface area contributed by atoms with Crippen LogP contribution >= 0.6 is 0 Å². The van der Waals surface area contributed by atoms with Crippen molar-refractivity contribution in [2.24, 2.45) is 0 Å². The van der Waals surface area contributed by atoms with Gasteiger partial charge in [0.25, 0.3) is 0 Å². The van der Waals surface area contributed by atoms with Crippen molar-refractivity contribution in [3.8, 4) is 11.5 Å². The molecule has 0 saturated heterocycles. The van der Waals surface area contributed by atoms with Gasteiger partial charge in [-0.25, -0.2) is 0 Å². The Morgan fingerprint density at radius 2 is 1.47 bits per heavy atom. The van der Waals surface area contributed by atoms with Gasteiger partial charge < -0.3 is 14.3 Å². The molecule has 1 amide bonds. The minimum Gasteiger partial charge on any atom is -0.504 e. The van der Waals surface area contributed by atoms with Crippen molar-refractivity contribution < 1.29 is 19.1 Å². The zero-order valence-corrected chi connectivity index (χ0v) is 21.2. The zero-order chi connectivity index (χ0) is 26.1. The fourth-order valence-corrected chi connectivity index (χ4v) is 6.45. The summed E-state index contributed by atoms with van der Waals surface area (Å²) in [5.74, 6) is 0.644. The largest absolute Gasteiger partial charge is 0.504 e. The summed E-state index contributed by atoms with van der Waals surface area (Å²) in [6.07, 6.45) is 1.78. The summed E-state index contributed by atoms with van der Waals surface area (Å²) in [7, 11) is 0. The normalized spacial score (nSPS) is 19.6. The topological polar surface area (TPSA) is 62.9 Å². The van der Waals surface area contributed by atoms with Crippen LogP contribution in [0.5, 0.6) is 11.5 Å². The van der Waals surface area contributed by atoms with Gasteiger partial charge in [0.15, 0.2) is 5.75 Å². The number of hydrogen-bond donors (Lipinski definition) is 1. The average molecular weight is 502 g/mol. The second kappa shape index (κ2) is 7.99. The van der Waals surface area contributed by atoms with Gasteiger partial charge in [-0.05, 0) is 42.7 Å². The SMILES string of the molecule is CC1(C)CC2(C(=O)N(C(c3ccccc3)c3ccccc3)c3ccccc32)c2cc3c(O)coc3cc2O1. The molecule has 1 atom stereocenters. The summed E-state index contributed by atoms with van der Waals surface area (Å²) in [5, 5.41) is 11.1. The molecule has 0 bridgehead atoms. The maximum Gasteiger partial charge on any atom is 0.243 e. The molecule has 7 rings (SSSR count). The van der Waals surface area contributed by atoms with Crippen LogP contribution in [0.2, 0.25) is 0 Å². The minimum atomic E-state index is -0.993. The van der Waals surface area contributed by atoms with Crippen molar-refractivity contribution in [2.45, 2.75) is 37.3 Å². The number of carbonyl (C=O) groups excluding carboxylic acids is 1. The van der Waals surface area contributed by atoms with Crippen LogP contribution in [0.3, 0.4) is 0 Å². The summed E-state index contributed by atoms with van der Waals surface area (Å²) >= 11 is 0. The third-order valence-electron chi connectivity index (χ3n) is 7.89. The van der Waals surface area contributed by atoms with E-state index in [-0.39, 0.29) is 17.7 Å². The molecule has 3 heterocycles. The standard InChI is InChI=1S/C33H27NO4/c1-32(2)20-33(25-17-23-27(35)19-37-28(23)18-29(25)38-32)24-15-9-10-16-26(24)34(31(33)36)30(21-11-5-3-6-12-21)22-13-7-4-8-14-22/h3-19,30,35H,20H2,1-2H3. The van der Waals surface area contributed by atoms with Crippen molar-refractivity contribution >= 4 is 22.6 Å². The van der Waals surface area contributed by atoms with E-state index >= 15 is 4.79 Å². The lowest BCUT2D eigenvalue weighted by Gasteiger charge is -2.43. The van der Waals surface area contributed by atoms with E-state index in [0.717, 1.165) is 27.9 Å². The number of amides is 1. The van der Waals surface area contributed by atoms with E-state index in [1.807, 2.05) is 79.4 Å². The second-order valence-corrected chi connectivity index (χ2v) is 10.8. The monoisotopic (exact) mass is 501 g/mol. The predicted molar refractivity (Wildman–Crippen MR) is 147 cm³/mol. The molecule has 1 aromatic heterocycles. The Labute approximate surface area is 220 Å². The smallest absolute Gasteiger partial charge is 0.243 e. The van der Waals surface area contributed by atoms with E-state index < -0.39 is 11.0 Å². The molecular formula is C33H27NO4. The van der Waals surface area contributed by atoms with Crippen LogP contribution in [0.1, 0.15) is 48.6 Å². The first-order chi connectivity index (χ1) is 18.4. The van der Waals surface area contributed by atoms with E-state index in [0.29, 0.717) is 23.1 Å². The van der Waals surface area contributed by atoms with Crippen molar-refractivity contribution in [1.82, 2.24) is 0 Å². The summed E-state index contributed by atoms with van der Waals surface area (Å²) in [4.78, 5) is 17.1. The van der Waals surface area contributed by atoms with Crippen LogP contribution in [0.15, 0.2) is 108 Å². The van der Waals surface area contributed by atoms with Crippen molar-refractivity contribution in [3.63, 3.8) is 0 Å². The van der Waals surface area contributed by atoms with Gasteiger partial charge in [0.2, 0.25) is 5.91 Å². The quantitative estimate of drug-likeness (QED) is 0.286. The Morgan fingerprint density at radius 1 is 0.842 bits per heavy atom. The van der Waals surface area contributed by atoms with E-state index in [1.165, 1.54) is 6.26 Å². The molecule has 0 saturated carbocycles. The van der Waals surface area contributed by atoms with Gasteiger partial charge >= 0.3 is 0 Å². The van der Waals surface area contributed by atoms with Gasteiger partial charge in [-0.2, -0.15) is 0 Å². The Morgan fingerprint density at radius 3 is 2.16 bits per heavy atom. The molecule has 0 aliphatic carbocycles. The molecule has 5 nitrogen and oxygen atoms in total. The lowest BCUT2D eigenvalue weighted by molar-refractivity contribution is -0.124. The molecule has 0 fully saturated rings. The van der Waals surface area contributed by atoms with Gasteiger partial charge in [0.1, 0.15) is 28.6 Å². The Kier molecular flexibility index (Phi) is 4.77. The van der Waals surface area contributed by atoms with Crippen molar-refractivity contribution in [1.29, 1.82) is 0 Å². The number of furan rings is 1. The lowest BCUT2D eigenvalue weighted by Crippen LogP contribution is -2.51. The molecule has 1 spiro atoms. The highest BCUT2D eigenvalue weighted by Crippen LogP contribution is 2.58. The lowest BCUT2D eigenvalue weighted by atomic mass is 9.67. The Balaban J connectivity index is 1.52. The number of para-hydroxylation sites is 1. The number of anilines is 1. The van der Waals surface area contributed by atoms with Crippen LogP contribution in [0.25, 0.3) is 11.0 Å². The predicted octanol–water partition coefficient (Wildman–Crippen LogP) is 7.12. The maximum atomic E-state index is 15.1. The first-order valence-electron chi connectivity index (χ1n) is 12.9. The highest BCUT2D eigenvalue weighted by atomic mass is 16.5. The fraction of sp³-hybridized carbons (Fsp3) is 0.182. The van der Waals surface area contributed by atoms with Crippen LogP contribution in [-0.4, -0.2) is 16.6 Å². The molecular weight excluding hydrogens is 474 g/mol. The fourth-order valence-electron chi connectivity index (χ4n) is 6.45. The number of carbonyl (C=O) groups is 1. The molecule has 1 unspecified atom stereocenters. The van der Waals surface area contributed by atoms with Crippen LogP contribution < -0.4 is 9.64 Å². The van der Waals surface area contributed by atoms with Crippen molar-refractivity contribution in [2.75, 3.05) is 4.90 Å². The first-order valence-corrected chi connectivity index (χ1v) is 12.9. The number of benzene rings is 4. The molecule has 4 aromatic carbocycles. The van der Waals surface area contributed by atoms with E-state index in [9.17, 15) is 5.11 Å². The molecule has 0 radical (unpaired) electrons. The molecule has 5 aromatic rings. The van der Waals surface area contributed by atoms with Gasteiger partial charge in [-0.3, -0.25) is 9.69 Å². The maximum absolute atomic E-state index is 15.1. The van der Waals surface area contributed by atoms with E-state index in [2.05, 4.69) is 30.3 Å². The molecule has 2 aliphatic rings. The summed E-state index contributed by atoms with van der Waals surface area (Å²) in [6.45, 7) is 4.04. The average Bonchev–Trinajstić information content (AvgIpc) is 3.39. The zero-order valence-electron chi connectivity index (χ0n) is 21.2. The molecule has 2 aliphatic heterocycles. The number of rotatable bonds is 3. The van der Waals surface area contributed by atoms with Crippen LogP contribution in [-0.2, 0) is 10.2 Å². The first kappa shape index (κ1) is 22.7. The molecule has 1 N–H and O–H groups in total. The van der Waals surface area contributed by atoms with E-state index in [1.54, 1.807) is 6.07 Å². The number of fused-ring (bicyclic) bond motifs is 5. The van der Waals surface area contributed by atoms with Crippen molar-refractivity contribution in [3.05, 3.63) is 126 Å². The molecule has 38 heavy (non-hydrogen) atoms. The molecule has 188 valence electrons. The highest BCUT2D eigenvalue weighted by molar-refractivity contribution is 6.12. The Hall–Kier alpha value is -4.51. The number of aromatic hydroxyl groups is 1. The minimum absolute atomic E-state index is 0.00336. The van der Waals surface area contributed by atoms with Crippen LogP contribution in [0.4, 0.5) is 5.69 Å². The van der Waals surface area contributed by atoms with Gasteiger partial charge in [-0.15, -0.1) is 0 Å². The third kappa shape index (κ3) is 3.14.